The zero-order chi connectivity index (χ0) is 16.3. The maximum absolute atomic E-state index is 12.5. The van der Waals surface area contributed by atoms with Gasteiger partial charge in [0.05, 0.1) is 17.6 Å². The Morgan fingerprint density at radius 1 is 1.18 bits per heavy atom. The predicted molar refractivity (Wildman–Crippen MR) is 92.5 cm³/mol. The van der Waals surface area contributed by atoms with Crippen LogP contribution in [0.5, 0.6) is 0 Å². The summed E-state index contributed by atoms with van der Waals surface area (Å²) in [6.45, 7) is 1.67. The highest BCUT2D eigenvalue weighted by atomic mass is 127. The topological polar surface area (TPSA) is 72.5 Å². The number of sulfonamides is 1. The molecule has 2 aromatic rings. The highest BCUT2D eigenvalue weighted by molar-refractivity contribution is 14.1. The van der Waals surface area contributed by atoms with Crippen molar-refractivity contribution in [3.8, 4) is 0 Å². The minimum absolute atomic E-state index is 0.0502. The number of aryl methyl sites for hydroxylation is 1. The number of hydrogen-bond donors (Lipinski definition) is 1. The largest absolute Gasteiger partial charge is 0.465 e. The molecule has 0 spiro atoms. The Balaban J connectivity index is 2.42. The van der Waals surface area contributed by atoms with Gasteiger partial charge in [-0.3, -0.25) is 4.72 Å². The number of carbonyl (C=O) groups excluding carboxylic acids is 1. The van der Waals surface area contributed by atoms with Crippen molar-refractivity contribution in [3.63, 3.8) is 0 Å². The molecule has 7 heteroatoms. The smallest absolute Gasteiger partial charge is 0.337 e. The van der Waals surface area contributed by atoms with Gasteiger partial charge in [-0.1, -0.05) is 12.1 Å². The first kappa shape index (κ1) is 16.8. The highest BCUT2D eigenvalue weighted by Gasteiger charge is 2.19. The Kier molecular flexibility index (Phi) is 5.07. The zero-order valence-corrected chi connectivity index (χ0v) is 14.9. The molecule has 1 N–H and O–H groups in total. The molecule has 2 aromatic carbocycles. The van der Waals surface area contributed by atoms with Crippen LogP contribution in [0.1, 0.15) is 15.9 Å². The van der Waals surface area contributed by atoms with Gasteiger partial charge in [-0.05, 0) is 65.4 Å². The van der Waals surface area contributed by atoms with E-state index in [1.165, 1.54) is 19.2 Å². The van der Waals surface area contributed by atoms with Crippen molar-refractivity contribution in [2.45, 2.75) is 11.8 Å². The molecule has 0 aliphatic heterocycles. The third-order valence-corrected chi connectivity index (χ3v) is 5.17. The number of carbonyl (C=O) groups is 1. The number of halogens is 1. The molecule has 0 aromatic heterocycles. The SMILES string of the molecule is COC(=O)c1ccc(C)c(S(=O)(=O)Nc2cccc(I)c2)c1. The van der Waals surface area contributed by atoms with Crippen LogP contribution < -0.4 is 4.72 Å². The van der Waals surface area contributed by atoms with E-state index in [2.05, 4.69) is 32.0 Å². The van der Waals surface area contributed by atoms with Gasteiger partial charge in [0, 0.05) is 9.26 Å². The van der Waals surface area contributed by atoms with Gasteiger partial charge in [0.2, 0.25) is 0 Å². The second-order valence-electron chi connectivity index (χ2n) is 4.59. The zero-order valence-electron chi connectivity index (χ0n) is 12.0. The number of anilines is 1. The summed E-state index contributed by atoms with van der Waals surface area (Å²) in [4.78, 5) is 11.6. The molecule has 0 fully saturated rings. The third-order valence-electron chi connectivity index (χ3n) is 2.98. The Hall–Kier alpha value is -1.61. The molecule has 0 atom stereocenters. The summed E-state index contributed by atoms with van der Waals surface area (Å²) in [5, 5.41) is 0. The van der Waals surface area contributed by atoms with Crippen molar-refractivity contribution in [2.75, 3.05) is 11.8 Å². The molecule has 0 bridgehead atoms. The minimum atomic E-state index is -3.79. The maximum Gasteiger partial charge on any atom is 0.337 e. The molecule has 0 aliphatic carbocycles. The lowest BCUT2D eigenvalue weighted by molar-refractivity contribution is 0.0600. The van der Waals surface area contributed by atoms with E-state index in [1.54, 1.807) is 31.2 Å². The number of ether oxygens (including phenoxy) is 1. The van der Waals surface area contributed by atoms with Gasteiger partial charge < -0.3 is 4.74 Å². The van der Waals surface area contributed by atoms with Gasteiger partial charge in [-0.25, -0.2) is 13.2 Å². The maximum atomic E-state index is 12.5. The Bertz CT molecular complexity index is 818. The first-order chi connectivity index (χ1) is 10.3. The van der Waals surface area contributed by atoms with Crippen molar-refractivity contribution in [2.24, 2.45) is 0 Å². The molecular weight excluding hydrogens is 417 g/mol. The van der Waals surface area contributed by atoms with E-state index in [1.807, 2.05) is 6.07 Å². The first-order valence-corrected chi connectivity index (χ1v) is 8.87. The van der Waals surface area contributed by atoms with E-state index < -0.39 is 16.0 Å². The van der Waals surface area contributed by atoms with E-state index in [4.69, 9.17) is 0 Å². The minimum Gasteiger partial charge on any atom is -0.465 e. The van der Waals surface area contributed by atoms with Crippen LogP contribution in [-0.4, -0.2) is 21.5 Å². The van der Waals surface area contributed by atoms with Crippen LogP contribution in [0.3, 0.4) is 0 Å². The number of benzene rings is 2. The van der Waals surface area contributed by atoms with E-state index in [-0.39, 0.29) is 10.5 Å². The normalized spacial score (nSPS) is 11.0. The molecule has 22 heavy (non-hydrogen) atoms. The van der Waals surface area contributed by atoms with Gasteiger partial charge in [0.1, 0.15) is 0 Å². The van der Waals surface area contributed by atoms with E-state index in [9.17, 15) is 13.2 Å². The lowest BCUT2D eigenvalue weighted by Gasteiger charge is -2.11. The molecule has 0 unspecified atom stereocenters. The third kappa shape index (κ3) is 3.77. The van der Waals surface area contributed by atoms with Gasteiger partial charge in [0.25, 0.3) is 10.0 Å². The standard InChI is InChI=1S/C15H14INO4S/c1-10-6-7-11(15(18)21-2)8-14(10)22(19,20)17-13-5-3-4-12(16)9-13/h3-9,17H,1-2H3. The van der Waals surface area contributed by atoms with Gasteiger partial charge >= 0.3 is 5.97 Å². The van der Waals surface area contributed by atoms with Crippen LogP contribution in [-0.2, 0) is 14.8 Å². The number of nitrogens with one attached hydrogen (secondary N) is 1. The molecule has 0 saturated carbocycles. The molecule has 0 saturated heterocycles. The molecule has 116 valence electrons. The van der Waals surface area contributed by atoms with Crippen molar-refractivity contribution in [1.29, 1.82) is 0 Å². The van der Waals surface area contributed by atoms with Crippen LogP contribution in [0.2, 0.25) is 0 Å². The number of rotatable bonds is 4. The van der Waals surface area contributed by atoms with Crippen molar-refractivity contribution >= 4 is 44.3 Å². The lowest BCUT2D eigenvalue weighted by atomic mass is 10.1. The quantitative estimate of drug-likeness (QED) is 0.597. The Morgan fingerprint density at radius 3 is 2.55 bits per heavy atom. The van der Waals surface area contributed by atoms with Crippen molar-refractivity contribution < 1.29 is 17.9 Å². The van der Waals surface area contributed by atoms with Crippen LogP contribution in [0.15, 0.2) is 47.4 Å². The van der Waals surface area contributed by atoms with Gasteiger partial charge in [0.15, 0.2) is 0 Å². The average molecular weight is 431 g/mol. The van der Waals surface area contributed by atoms with E-state index in [0.29, 0.717) is 11.3 Å². The van der Waals surface area contributed by atoms with Crippen LogP contribution in [0, 0.1) is 10.5 Å². The fourth-order valence-corrected chi connectivity index (χ4v) is 3.76. The molecule has 0 radical (unpaired) electrons. The molecule has 0 amide bonds. The number of hydrogen-bond acceptors (Lipinski definition) is 4. The second-order valence-corrected chi connectivity index (χ2v) is 7.48. The molecule has 0 aliphatic rings. The van der Waals surface area contributed by atoms with E-state index >= 15 is 0 Å². The monoisotopic (exact) mass is 431 g/mol. The predicted octanol–water partition coefficient (Wildman–Crippen LogP) is 3.19. The van der Waals surface area contributed by atoms with Crippen LogP contribution in [0.25, 0.3) is 0 Å². The fraction of sp³-hybridized carbons (Fsp3) is 0.133. The number of methoxy groups -OCH3 is 1. The molecule has 2 rings (SSSR count). The lowest BCUT2D eigenvalue weighted by Crippen LogP contribution is -2.15. The van der Waals surface area contributed by atoms with Crippen LogP contribution in [0.4, 0.5) is 5.69 Å². The number of esters is 1. The van der Waals surface area contributed by atoms with Gasteiger partial charge in [-0.15, -0.1) is 0 Å². The second kappa shape index (κ2) is 6.66. The summed E-state index contributed by atoms with van der Waals surface area (Å²) in [5.74, 6) is -0.578. The summed E-state index contributed by atoms with van der Waals surface area (Å²) >= 11 is 2.10. The first-order valence-electron chi connectivity index (χ1n) is 6.31. The molecule has 0 heterocycles. The van der Waals surface area contributed by atoms with Crippen LogP contribution >= 0.6 is 22.6 Å². The summed E-state index contributed by atoms with van der Waals surface area (Å²) in [7, 11) is -2.54. The average Bonchev–Trinajstić information content (AvgIpc) is 2.46. The summed E-state index contributed by atoms with van der Waals surface area (Å²) in [6, 6.07) is 11.4. The Labute approximate surface area is 142 Å². The summed E-state index contributed by atoms with van der Waals surface area (Å²) < 4.78 is 33.1. The van der Waals surface area contributed by atoms with Crippen molar-refractivity contribution in [3.05, 3.63) is 57.2 Å². The molecule has 5 nitrogen and oxygen atoms in total. The highest BCUT2D eigenvalue weighted by Crippen LogP contribution is 2.22. The van der Waals surface area contributed by atoms with Crippen molar-refractivity contribution in [1.82, 2.24) is 0 Å². The van der Waals surface area contributed by atoms with E-state index in [0.717, 1.165) is 3.57 Å². The summed E-state index contributed by atoms with van der Waals surface area (Å²) in [5.41, 5.74) is 1.21. The summed E-state index contributed by atoms with van der Waals surface area (Å²) in [6.07, 6.45) is 0. The fourth-order valence-electron chi connectivity index (χ4n) is 1.90. The Morgan fingerprint density at radius 2 is 1.91 bits per heavy atom. The van der Waals surface area contributed by atoms with Gasteiger partial charge in [-0.2, -0.15) is 0 Å². The molecular formula is C15H14INO4S.